The molecule has 98 valence electrons. The molecule has 2 aromatic heterocycles. The van der Waals surface area contributed by atoms with Gasteiger partial charge >= 0.3 is 0 Å². The van der Waals surface area contributed by atoms with Crippen molar-refractivity contribution in [3.05, 3.63) is 29.7 Å². The standard InChI is InChI=1S/C12H17N5.ClH/c1-16-6-5-10(14-16)8-13-12-7-11(9-3-4-9)15-17(12)2;/h5-7,9,13H,3-4,8H2,1-2H3;1H. The molecule has 0 bridgehead atoms. The minimum absolute atomic E-state index is 0. The first-order valence-electron chi connectivity index (χ1n) is 5.99. The van der Waals surface area contributed by atoms with Crippen molar-refractivity contribution in [3.8, 4) is 0 Å². The lowest BCUT2D eigenvalue weighted by Crippen LogP contribution is -2.05. The van der Waals surface area contributed by atoms with E-state index in [4.69, 9.17) is 0 Å². The predicted molar refractivity (Wildman–Crippen MR) is 73.0 cm³/mol. The molecule has 0 spiro atoms. The quantitative estimate of drug-likeness (QED) is 0.923. The van der Waals surface area contributed by atoms with Gasteiger partial charge < -0.3 is 5.32 Å². The van der Waals surface area contributed by atoms with E-state index in [9.17, 15) is 0 Å². The van der Waals surface area contributed by atoms with Gasteiger partial charge in [0.15, 0.2) is 0 Å². The van der Waals surface area contributed by atoms with Gasteiger partial charge in [-0.2, -0.15) is 10.2 Å². The maximum Gasteiger partial charge on any atom is 0.124 e. The van der Waals surface area contributed by atoms with Crippen LogP contribution in [0.4, 0.5) is 5.82 Å². The van der Waals surface area contributed by atoms with Crippen molar-refractivity contribution in [2.45, 2.75) is 25.3 Å². The summed E-state index contributed by atoms with van der Waals surface area (Å²) in [5, 5.41) is 12.2. The van der Waals surface area contributed by atoms with Gasteiger partial charge in [-0.25, -0.2) is 0 Å². The first-order chi connectivity index (χ1) is 8.22. The molecule has 1 saturated carbocycles. The second kappa shape index (κ2) is 5.02. The van der Waals surface area contributed by atoms with E-state index in [0.717, 1.165) is 18.1 Å². The number of nitrogens with zero attached hydrogens (tertiary/aromatic N) is 4. The summed E-state index contributed by atoms with van der Waals surface area (Å²) in [6.45, 7) is 0.741. The highest BCUT2D eigenvalue weighted by Crippen LogP contribution is 2.39. The molecule has 0 atom stereocenters. The molecule has 2 heterocycles. The van der Waals surface area contributed by atoms with E-state index < -0.39 is 0 Å². The summed E-state index contributed by atoms with van der Waals surface area (Å²) in [5.74, 6) is 1.77. The summed E-state index contributed by atoms with van der Waals surface area (Å²) in [6.07, 6.45) is 4.53. The minimum atomic E-state index is 0. The van der Waals surface area contributed by atoms with Gasteiger partial charge in [0.25, 0.3) is 0 Å². The van der Waals surface area contributed by atoms with Crippen molar-refractivity contribution in [2.75, 3.05) is 5.32 Å². The molecule has 18 heavy (non-hydrogen) atoms. The summed E-state index contributed by atoms with van der Waals surface area (Å²) >= 11 is 0. The van der Waals surface area contributed by atoms with Crippen molar-refractivity contribution in [1.82, 2.24) is 19.6 Å². The molecule has 1 fully saturated rings. The number of aryl methyl sites for hydroxylation is 2. The average Bonchev–Trinajstić information content (AvgIpc) is 2.97. The fourth-order valence-corrected chi connectivity index (χ4v) is 1.97. The monoisotopic (exact) mass is 267 g/mol. The Hall–Kier alpha value is -1.49. The Balaban J connectivity index is 0.00000120. The number of hydrogen-bond acceptors (Lipinski definition) is 3. The van der Waals surface area contributed by atoms with Gasteiger partial charge in [0.1, 0.15) is 5.82 Å². The molecular formula is C12H18ClN5. The zero-order valence-corrected chi connectivity index (χ0v) is 11.4. The Labute approximate surface area is 113 Å². The molecule has 3 rings (SSSR count). The summed E-state index contributed by atoms with van der Waals surface area (Å²) in [4.78, 5) is 0. The van der Waals surface area contributed by atoms with E-state index in [1.807, 2.05) is 35.7 Å². The topological polar surface area (TPSA) is 47.7 Å². The maximum absolute atomic E-state index is 4.52. The van der Waals surface area contributed by atoms with E-state index in [0.29, 0.717) is 5.92 Å². The van der Waals surface area contributed by atoms with Crippen LogP contribution in [-0.4, -0.2) is 19.6 Å². The van der Waals surface area contributed by atoms with Crippen LogP contribution in [0.3, 0.4) is 0 Å². The zero-order chi connectivity index (χ0) is 11.8. The summed E-state index contributed by atoms with van der Waals surface area (Å²) in [7, 11) is 3.91. The smallest absolute Gasteiger partial charge is 0.124 e. The Kier molecular flexibility index (Phi) is 3.61. The molecule has 1 aliphatic carbocycles. The third-order valence-electron chi connectivity index (χ3n) is 3.11. The van der Waals surface area contributed by atoms with Crippen LogP contribution < -0.4 is 5.32 Å². The second-order valence-corrected chi connectivity index (χ2v) is 4.69. The first kappa shape index (κ1) is 13.0. The average molecular weight is 268 g/mol. The van der Waals surface area contributed by atoms with Crippen LogP contribution in [0.2, 0.25) is 0 Å². The highest BCUT2D eigenvalue weighted by molar-refractivity contribution is 5.85. The number of anilines is 1. The SMILES string of the molecule is Cl.Cn1ccc(CNc2cc(C3CC3)nn2C)n1. The number of hydrogen-bond donors (Lipinski definition) is 1. The van der Waals surface area contributed by atoms with Crippen molar-refractivity contribution >= 4 is 18.2 Å². The van der Waals surface area contributed by atoms with E-state index in [2.05, 4.69) is 21.6 Å². The largest absolute Gasteiger partial charge is 0.365 e. The van der Waals surface area contributed by atoms with Crippen LogP contribution in [0.1, 0.15) is 30.1 Å². The highest BCUT2D eigenvalue weighted by Gasteiger charge is 2.26. The normalized spacial score (nSPS) is 14.3. The lowest BCUT2D eigenvalue weighted by atomic mass is 10.3. The van der Waals surface area contributed by atoms with E-state index in [1.165, 1.54) is 18.5 Å². The van der Waals surface area contributed by atoms with Crippen LogP contribution in [0.15, 0.2) is 18.3 Å². The molecule has 0 unspecified atom stereocenters. The van der Waals surface area contributed by atoms with Gasteiger partial charge in [0, 0.05) is 32.3 Å². The Morgan fingerprint density at radius 2 is 2.11 bits per heavy atom. The lowest BCUT2D eigenvalue weighted by Gasteiger charge is -2.03. The van der Waals surface area contributed by atoms with Crippen LogP contribution in [0.25, 0.3) is 0 Å². The lowest BCUT2D eigenvalue weighted by molar-refractivity contribution is 0.733. The van der Waals surface area contributed by atoms with Crippen molar-refractivity contribution in [3.63, 3.8) is 0 Å². The summed E-state index contributed by atoms with van der Waals surface area (Å²) in [5.41, 5.74) is 2.26. The molecule has 6 heteroatoms. The van der Waals surface area contributed by atoms with Crippen LogP contribution in [-0.2, 0) is 20.6 Å². The van der Waals surface area contributed by atoms with Gasteiger partial charge in [0.05, 0.1) is 17.9 Å². The predicted octanol–water partition coefficient (Wildman–Crippen LogP) is 2.06. The molecule has 0 aromatic carbocycles. The summed E-state index contributed by atoms with van der Waals surface area (Å²) < 4.78 is 3.73. The van der Waals surface area contributed by atoms with Gasteiger partial charge in [-0.3, -0.25) is 9.36 Å². The summed E-state index contributed by atoms with van der Waals surface area (Å²) in [6, 6.07) is 4.17. The fraction of sp³-hybridized carbons (Fsp3) is 0.500. The van der Waals surface area contributed by atoms with Gasteiger partial charge in [-0.1, -0.05) is 0 Å². The maximum atomic E-state index is 4.52. The van der Waals surface area contributed by atoms with Crippen LogP contribution >= 0.6 is 12.4 Å². The molecule has 0 saturated heterocycles. The second-order valence-electron chi connectivity index (χ2n) is 4.69. The molecule has 2 aromatic rings. The molecule has 1 N–H and O–H groups in total. The zero-order valence-electron chi connectivity index (χ0n) is 10.6. The number of nitrogens with one attached hydrogen (secondary N) is 1. The van der Waals surface area contributed by atoms with Crippen molar-refractivity contribution in [2.24, 2.45) is 14.1 Å². The molecule has 1 aliphatic rings. The van der Waals surface area contributed by atoms with Crippen molar-refractivity contribution < 1.29 is 0 Å². The van der Waals surface area contributed by atoms with Gasteiger partial charge in [-0.05, 0) is 18.9 Å². The number of halogens is 1. The highest BCUT2D eigenvalue weighted by atomic mass is 35.5. The van der Waals surface area contributed by atoms with Crippen LogP contribution in [0, 0.1) is 0 Å². The van der Waals surface area contributed by atoms with Crippen molar-refractivity contribution in [1.29, 1.82) is 0 Å². The molecular weight excluding hydrogens is 250 g/mol. The van der Waals surface area contributed by atoms with E-state index in [1.54, 1.807) is 0 Å². The van der Waals surface area contributed by atoms with Gasteiger partial charge in [-0.15, -0.1) is 12.4 Å². The Bertz CT molecular complexity index is 526. The van der Waals surface area contributed by atoms with Gasteiger partial charge in [0.2, 0.25) is 0 Å². The van der Waals surface area contributed by atoms with E-state index >= 15 is 0 Å². The molecule has 0 aliphatic heterocycles. The molecule has 0 amide bonds. The third-order valence-corrected chi connectivity index (χ3v) is 3.11. The first-order valence-corrected chi connectivity index (χ1v) is 5.99. The third kappa shape index (κ3) is 2.67. The number of aromatic nitrogens is 4. The molecule has 5 nitrogen and oxygen atoms in total. The van der Waals surface area contributed by atoms with E-state index in [-0.39, 0.29) is 12.4 Å². The number of rotatable bonds is 4. The molecule has 0 radical (unpaired) electrons. The van der Waals surface area contributed by atoms with Crippen LogP contribution in [0.5, 0.6) is 0 Å². The fourth-order valence-electron chi connectivity index (χ4n) is 1.97. The minimum Gasteiger partial charge on any atom is -0.365 e. The Morgan fingerprint density at radius 1 is 1.33 bits per heavy atom. The Morgan fingerprint density at radius 3 is 2.72 bits per heavy atom.